The lowest BCUT2D eigenvalue weighted by Gasteiger charge is -2.13. The number of benzene rings is 1. The van der Waals surface area contributed by atoms with Crippen molar-refractivity contribution in [2.45, 2.75) is 38.6 Å². The monoisotopic (exact) mass is 418 g/mol. The van der Waals surface area contributed by atoms with Crippen LogP contribution in [0.1, 0.15) is 49.6 Å². The molecule has 1 aliphatic carbocycles. The Balaban J connectivity index is 1.57. The average molecular weight is 419 g/mol. The summed E-state index contributed by atoms with van der Waals surface area (Å²) in [6, 6.07) is 6.90. The summed E-state index contributed by atoms with van der Waals surface area (Å²) < 4.78 is 23.4. The number of sulfone groups is 1. The molecule has 6 nitrogen and oxygen atoms in total. The van der Waals surface area contributed by atoms with Crippen molar-refractivity contribution < 1.29 is 18.0 Å². The van der Waals surface area contributed by atoms with Gasteiger partial charge in [-0.15, -0.1) is 11.3 Å². The van der Waals surface area contributed by atoms with Crippen LogP contribution in [0.4, 0.5) is 5.00 Å². The number of anilines is 1. The van der Waals surface area contributed by atoms with E-state index in [1.165, 1.54) is 11.3 Å². The summed E-state index contributed by atoms with van der Waals surface area (Å²) in [6.07, 6.45) is 3.13. The number of fused-ring (bicyclic) bond motifs is 1. The molecule has 0 saturated carbocycles. The highest BCUT2D eigenvalue weighted by molar-refractivity contribution is 7.91. The van der Waals surface area contributed by atoms with Crippen molar-refractivity contribution in [3.63, 3.8) is 0 Å². The van der Waals surface area contributed by atoms with E-state index in [0.717, 1.165) is 35.3 Å². The van der Waals surface area contributed by atoms with Crippen LogP contribution in [-0.4, -0.2) is 37.8 Å². The lowest BCUT2D eigenvalue weighted by atomic mass is 10.1. The van der Waals surface area contributed by atoms with Gasteiger partial charge >= 0.3 is 0 Å². The molecule has 2 N–H and O–H groups in total. The van der Waals surface area contributed by atoms with Gasteiger partial charge in [-0.25, -0.2) is 8.42 Å². The molecule has 2 heterocycles. The van der Waals surface area contributed by atoms with Crippen molar-refractivity contribution in [1.82, 2.24) is 5.32 Å². The highest BCUT2D eigenvalue weighted by Crippen LogP contribution is 2.39. The zero-order valence-electron chi connectivity index (χ0n) is 15.6. The normalized spacial score (nSPS) is 20.0. The molecule has 0 unspecified atom stereocenters. The molecule has 1 aromatic carbocycles. The third-order valence-electron chi connectivity index (χ3n) is 5.26. The summed E-state index contributed by atoms with van der Waals surface area (Å²) >= 11 is 1.45. The van der Waals surface area contributed by atoms with E-state index in [1.807, 2.05) is 19.1 Å². The molecule has 4 rings (SSSR count). The molecule has 0 spiro atoms. The molecule has 1 aliphatic heterocycles. The van der Waals surface area contributed by atoms with Crippen LogP contribution in [0.15, 0.2) is 24.3 Å². The Labute approximate surface area is 168 Å². The van der Waals surface area contributed by atoms with Gasteiger partial charge in [-0.1, -0.05) is 17.7 Å². The van der Waals surface area contributed by atoms with E-state index in [1.54, 1.807) is 12.1 Å². The molecule has 1 fully saturated rings. The number of hydrogen-bond donors (Lipinski definition) is 2. The highest BCUT2D eigenvalue weighted by Gasteiger charge is 2.32. The molecular weight excluding hydrogens is 396 g/mol. The summed E-state index contributed by atoms with van der Waals surface area (Å²) in [4.78, 5) is 26.7. The van der Waals surface area contributed by atoms with E-state index in [0.29, 0.717) is 22.5 Å². The second-order valence-corrected chi connectivity index (χ2v) is 10.8. The zero-order valence-corrected chi connectivity index (χ0v) is 17.2. The van der Waals surface area contributed by atoms with Crippen LogP contribution in [0.25, 0.3) is 0 Å². The molecule has 2 aliphatic rings. The van der Waals surface area contributed by atoms with E-state index in [-0.39, 0.29) is 29.4 Å². The second-order valence-electron chi connectivity index (χ2n) is 7.46. The van der Waals surface area contributed by atoms with Crippen molar-refractivity contribution in [3.05, 3.63) is 51.4 Å². The van der Waals surface area contributed by atoms with Crippen molar-refractivity contribution >= 4 is 38.0 Å². The third kappa shape index (κ3) is 3.84. The first-order chi connectivity index (χ1) is 13.3. The Kier molecular flexibility index (Phi) is 5.01. The van der Waals surface area contributed by atoms with Crippen LogP contribution < -0.4 is 10.6 Å². The molecule has 148 valence electrons. The number of rotatable bonds is 4. The first kappa shape index (κ1) is 19.1. The molecule has 1 atom stereocenters. The van der Waals surface area contributed by atoms with Gasteiger partial charge in [-0.3, -0.25) is 9.59 Å². The topological polar surface area (TPSA) is 92.3 Å². The largest absolute Gasteiger partial charge is 0.348 e. The SMILES string of the molecule is Cc1ccc(C(=O)Nc2sc3c(c2C(=O)N[C@@H]2CCS(=O)(=O)C2)CCC3)cc1. The van der Waals surface area contributed by atoms with Gasteiger partial charge in [0.2, 0.25) is 0 Å². The van der Waals surface area contributed by atoms with Gasteiger partial charge < -0.3 is 10.6 Å². The van der Waals surface area contributed by atoms with Gasteiger partial charge in [-0.2, -0.15) is 0 Å². The van der Waals surface area contributed by atoms with Crippen LogP contribution in [0.2, 0.25) is 0 Å². The Morgan fingerprint density at radius 3 is 2.54 bits per heavy atom. The summed E-state index contributed by atoms with van der Waals surface area (Å²) in [5.74, 6) is -0.453. The van der Waals surface area contributed by atoms with Crippen molar-refractivity contribution in [2.24, 2.45) is 0 Å². The number of hydrogen-bond acceptors (Lipinski definition) is 5. The van der Waals surface area contributed by atoms with Crippen LogP contribution in [0.5, 0.6) is 0 Å². The fourth-order valence-electron chi connectivity index (χ4n) is 3.78. The molecule has 8 heteroatoms. The Bertz CT molecular complexity index is 1040. The third-order valence-corrected chi connectivity index (χ3v) is 8.23. The minimum atomic E-state index is -3.07. The molecule has 1 aromatic heterocycles. The first-order valence-corrected chi connectivity index (χ1v) is 12.0. The summed E-state index contributed by atoms with van der Waals surface area (Å²) in [7, 11) is -3.07. The maximum atomic E-state index is 13.0. The Morgan fingerprint density at radius 1 is 1.11 bits per heavy atom. The Morgan fingerprint density at radius 2 is 1.86 bits per heavy atom. The predicted molar refractivity (Wildman–Crippen MR) is 110 cm³/mol. The summed E-state index contributed by atoms with van der Waals surface area (Å²) in [5.41, 5.74) is 3.09. The van der Waals surface area contributed by atoms with Gasteiger partial charge in [0.1, 0.15) is 5.00 Å². The standard InChI is InChI=1S/C20H22N2O4S2/c1-12-5-7-13(8-6-12)18(23)22-20-17(15-3-2-4-16(15)27-20)19(24)21-14-9-10-28(25,26)11-14/h5-8,14H,2-4,9-11H2,1H3,(H,21,24)(H,22,23)/t14-/m1/s1. The maximum Gasteiger partial charge on any atom is 0.256 e. The molecule has 2 aromatic rings. The quantitative estimate of drug-likeness (QED) is 0.799. The van der Waals surface area contributed by atoms with Crippen molar-refractivity contribution in [3.8, 4) is 0 Å². The van der Waals surface area contributed by atoms with E-state index < -0.39 is 9.84 Å². The number of thiophene rings is 1. The minimum Gasteiger partial charge on any atom is -0.348 e. The lowest BCUT2D eigenvalue weighted by Crippen LogP contribution is -2.36. The van der Waals surface area contributed by atoms with Gasteiger partial charge in [0.05, 0.1) is 17.1 Å². The van der Waals surface area contributed by atoms with Gasteiger partial charge in [0.15, 0.2) is 9.84 Å². The van der Waals surface area contributed by atoms with Crippen LogP contribution >= 0.6 is 11.3 Å². The van der Waals surface area contributed by atoms with Gasteiger partial charge in [0.25, 0.3) is 11.8 Å². The zero-order chi connectivity index (χ0) is 19.9. The number of amides is 2. The van der Waals surface area contributed by atoms with Crippen LogP contribution in [-0.2, 0) is 22.7 Å². The highest BCUT2D eigenvalue weighted by atomic mass is 32.2. The van der Waals surface area contributed by atoms with Crippen molar-refractivity contribution in [1.29, 1.82) is 0 Å². The van der Waals surface area contributed by atoms with E-state index >= 15 is 0 Å². The fourth-order valence-corrected chi connectivity index (χ4v) is 6.73. The lowest BCUT2D eigenvalue weighted by molar-refractivity contribution is 0.0941. The van der Waals surface area contributed by atoms with E-state index in [2.05, 4.69) is 10.6 Å². The molecule has 0 bridgehead atoms. The Hall–Kier alpha value is -2.19. The smallest absolute Gasteiger partial charge is 0.256 e. The van der Waals surface area contributed by atoms with Gasteiger partial charge in [0, 0.05) is 16.5 Å². The van der Waals surface area contributed by atoms with E-state index in [9.17, 15) is 18.0 Å². The number of aryl methyl sites for hydroxylation is 2. The van der Waals surface area contributed by atoms with Crippen LogP contribution in [0, 0.1) is 6.92 Å². The molecule has 1 saturated heterocycles. The van der Waals surface area contributed by atoms with Crippen molar-refractivity contribution in [2.75, 3.05) is 16.8 Å². The van der Waals surface area contributed by atoms with E-state index in [4.69, 9.17) is 0 Å². The maximum absolute atomic E-state index is 13.0. The minimum absolute atomic E-state index is 0.0177. The average Bonchev–Trinajstić information content (AvgIpc) is 3.29. The second kappa shape index (κ2) is 7.33. The predicted octanol–water partition coefficient (Wildman–Crippen LogP) is 2.71. The fraction of sp³-hybridized carbons (Fsp3) is 0.400. The first-order valence-electron chi connectivity index (χ1n) is 9.36. The summed E-state index contributed by atoms with van der Waals surface area (Å²) in [5, 5.41) is 6.31. The summed E-state index contributed by atoms with van der Waals surface area (Å²) in [6.45, 7) is 1.96. The molecule has 28 heavy (non-hydrogen) atoms. The molecular formula is C20H22N2O4S2. The van der Waals surface area contributed by atoms with Crippen LogP contribution in [0.3, 0.4) is 0 Å². The van der Waals surface area contributed by atoms with Gasteiger partial charge in [-0.05, 0) is 50.3 Å². The number of nitrogens with one attached hydrogen (secondary N) is 2. The molecule has 0 radical (unpaired) electrons. The molecule has 2 amide bonds. The number of carbonyl (C=O) groups excluding carboxylic acids is 2. The number of carbonyl (C=O) groups is 2.